The maximum absolute atomic E-state index is 13.2. The Hall–Kier alpha value is -1.23. The van der Waals surface area contributed by atoms with E-state index in [-0.39, 0.29) is 11.3 Å². The van der Waals surface area contributed by atoms with E-state index in [9.17, 15) is 9.90 Å². The van der Waals surface area contributed by atoms with Crippen molar-refractivity contribution < 1.29 is 9.90 Å². The molecule has 30 heavy (non-hydrogen) atoms. The molecule has 5 nitrogen and oxygen atoms in total. The van der Waals surface area contributed by atoms with E-state index in [1.807, 2.05) is 0 Å². The molecule has 1 aromatic rings. The molecule has 1 N–H and O–H groups in total. The molecule has 5 rings (SSSR count). The lowest BCUT2D eigenvalue weighted by Crippen LogP contribution is -2.56. The molecule has 0 aliphatic heterocycles. The van der Waals surface area contributed by atoms with Gasteiger partial charge in [0, 0.05) is 12.1 Å². The largest absolute Gasteiger partial charge is 0.390 e. The molecule has 0 unspecified atom stereocenters. The molecule has 4 aliphatic rings. The third kappa shape index (κ3) is 3.02. The summed E-state index contributed by atoms with van der Waals surface area (Å²) in [5.41, 5.74) is 0.113. The standard InChI is InChI=1S/C25H39N3O2/c1-4-25-12-11-23(2,30)15-17(25)5-6-18-19-7-8-21(24(19,3)10-9-20(18)25)22(29)16-28-14-13-26-27-28/h13-14,17-21,30H,4-12,15-16H2,1-3H3/t17-,18-,19-,20-,21+,23+,24-,25-/m0/s1. The summed E-state index contributed by atoms with van der Waals surface area (Å²) in [5.74, 6) is 3.47. The molecule has 0 aromatic carbocycles. The number of aromatic nitrogens is 3. The quantitative estimate of drug-likeness (QED) is 0.780. The lowest BCUT2D eigenvalue weighted by Gasteiger charge is -2.63. The van der Waals surface area contributed by atoms with E-state index in [0.29, 0.717) is 29.6 Å². The van der Waals surface area contributed by atoms with Crippen molar-refractivity contribution in [2.75, 3.05) is 0 Å². The van der Waals surface area contributed by atoms with E-state index in [4.69, 9.17) is 0 Å². The second kappa shape index (κ2) is 7.15. The van der Waals surface area contributed by atoms with Gasteiger partial charge in [-0.25, -0.2) is 4.68 Å². The van der Waals surface area contributed by atoms with Crippen LogP contribution in [-0.4, -0.2) is 31.5 Å². The van der Waals surface area contributed by atoms with Crippen LogP contribution in [0.25, 0.3) is 0 Å². The molecule has 0 bridgehead atoms. The lowest BCUT2D eigenvalue weighted by molar-refractivity contribution is -0.158. The molecule has 1 heterocycles. The van der Waals surface area contributed by atoms with Gasteiger partial charge in [-0.2, -0.15) is 0 Å². The predicted octanol–water partition coefficient (Wildman–Crippen LogP) is 4.65. The van der Waals surface area contributed by atoms with Crippen LogP contribution >= 0.6 is 0 Å². The van der Waals surface area contributed by atoms with Gasteiger partial charge in [-0.3, -0.25) is 4.79 Å². The van der Waals surface area contributed by atoms with E-state index in [1.54, 1.807) is 17.1 Å². The zero-order chi connectivity index (χ0) is 21.1. The van der Waals surface area contributed by atoms with Crippen LogP contribution in [0.1, 0.15) is 85.0 Å². The average Bonchev–Trinajstić information content (AvgIpc) is 3.34. The molecule has 4 aliphatic carbocycles. The van der Waals surface area contributed by atoms with Gasteiger partial charge in [0.15, 0.2) is 5.78 Å². The first kappa shape index (κ1) is 20.7. The van der Waals surface area contributed by atoms with Crippen LogP contribution in [-0.2, 0) is 11.3 Å². The number of hydrogen-bond donors (Lipinski definition) is 1. The van der Waals surface area contributed by atoms with E-state index in [0.717, 1.165) is 31.1 Å². The summed E-state index contributed by atoms with van der Waals surface area (Å²) in [6, 6.07) is 0. The number of aliphatic hydroxyl groups is 1. The Bertz CT molecular complexity index is 790. The molecule has 8 atom stereocenters. The van der Waals surface area contributed by atoms with Crippen molar-refractivity contribution in [2.45, 2.75) is 97.1 Å². The Kier molecular flexibility index (Phi) is 4.92. The van der Waals surface area contributed by atoms with Crippen molar-refractivity contribution in [3.8, 4) is 0 Å². The van der Waals surface area contributed by atoms with Gasteiger partial charge in [0.2, 0.25) is 0 Å². The van der Waals surface area contributed by atoms with E-state index in [1.165, 1.54) is 44.9 Å². The smallest absolute Gasteiger partial charge is 0.157 e. The highest BCUT2D eigenvalue weighted by Gasteiger charge is 2.62. The fourth-order valence-electron chi connectivity index (χ4n) is 9.06. The molecule has 4 fully saturated rings. The molecule has 0 radical (unpaired) electrons. The normalized spacial score (nSPS) is 47.9. The molecule has 5 heteroatoms. The van der Waals surface area contributed by atoms with Crippen LogP contribution in [0.5, 0.6) is 0 Å². The molecule has 0 saturated heterocycles. The van der Waals surface area contributed by atoms with Crippen molar-refractivity contribution in [3.63, 3.8) is 0 Å². The van der Waals surface area contributed by atoms with Crippen LogP contribution in [0.3, 0.4) is 0 Å². The third-order valence-corrected chi connectivity index (χ3v) is 10.5. The molecule has 166 valence electrons. The second-order valence-electron chi connectivity index (χ2n) is 11.7. The Morgan fingerprint density at radius 2 is 1.93 bits per heavy atom. The Morgan fingerprint density at radius 1 is 1.10 bits per heavy atom. The second-order valence-corrected chi connectivity index (χ2v) is 11.7. The Morgan fingerprint density at radius 3 is 2.67 bits per heavy atom. The fraction of sp³-hybridized carbons (Fsp3) is 0.880. The summed E-state index contributed by atoms with van der Waals surface area (Å²) in [7, 11) is 0. The van der Waals surface area contributed by atoms with Gasteiger partial charge in [-0.15, -0.1) is 5.10 Å². The highest BCUT2D eigenvalue weighted by atomic mass is 16.3. The summed E-state index contributed by atoms with van der Waals surface area (Å²) in [6.07, 6.45) is 15.2. The van der Waals surface area contributed by atoms with E-state index < -0.39 is 5.60 Å². The van der Waals surface area contributed by atoms with Crippen molar-refractivity contribution in [2.24, 2.45) is 40.4 Å². The van der Waals surface area contributed by atoms with Crippen LogP contribution in [0, 0.1) is 40.4 Å². The molecular formula is C25H39N3O2. The van der Waals surface area contributed by atoms with Crippen molar-refractivity contribution >= 4 is 5.78 Å². The molecule has 1 aromatic heterocycles. The van der Waals surface area contributed by atoms with Crippen molar-refractivity contribution in [3.05, 3.63) is 12.4 Å². The Balaban J connectivity index is 1.38. The van der Waals surface area contributed by atoms with Crippen LogP contribution < -0.4 is 0 Å². The zero-order valence-electron chi connectivity index (χ0n) is 19.0. The molecule has 0 spiro atoms. The summed E-state index contributed by atoms with van der Waals surface area (Å²) < 4.78 is 1.69. The maximum Gasteiger partial charge on any atom is 0.157 e. The predicted molar refractivity (Wildman–Crippen MR) is 115 cm³/mol. The number of hydrogen-bond acceptors (Lipinski definition) is 4. The lowest BCUT2D eigenvalue weighted by atomic mass is 9.42. The number of carbonyl (C=O) groups excluding carboxylic acids is 1. The summed E-state index contributed by atoms with van der Waals surface area (Å²) in [5, 5.41) is 18.6. The molecule has 4 saturated carbocycles. The minimum atomic E-state index is -0.467. The SMILES string of the molecule is CC[C@]12CC[C@@](C)(O)C[C@@H]1CC[C@H]1[C@@H]3CC[C@H](C(=O)Cn4ccnn4)[C@@]3(C)CC[C@@H]12. The van der Waals surface area contributed by atoms with Crippen molar-refractivity contribution in [1.29, 1.82) is 0 Å². The van der Waals surface area contributed by atoms with Crippen molar-refractivity contribution in [1.82, 2.24) is 15.0 Å². The number of Topliss-reactive ketones (excluding diaryl/α,β-unsaturated/α-hetero) is 1. The highest BCUT2D eigenvalue weighted by molar-refractivity contribution is 5.82. The molecular weight excluding hydrogens is 374 g/mol. The first-order valence-electron chi connectivity index (χ1n) is 12.4. The molecule has 0 amide bonds. The van der Waals surface area contributed by atoms with Gasteiger partial charge in [-0.1, -0.05) is 19.1 Å². The first-order valence-corrected chi connectivity index (χ1v) is 12.4. The third-order valence-electron chi connectivity index (χ3n) is 10.5. The summed E-state index contributed by atoms with van der Waals surface area (Å²) in [6.45, 7) is 7.26. The van der Waals surface area contributed by atoms with Gasteiger partial charge in [0.05, 0.1) is 11.8 Å². The minimum Gasteiger partial charge on any atom is -0.390 e. The maximum atomic E-state index is 13.2. The average molecular weight is 414 g/mol. The number of nitrogens with zero attached hydrogens (tertiary/aromatic N) is 3. The van der Waals surface area contributed by atoms with Crippen LogP contribution in [0.15, 0.2) is 12.4 Å². The first-order chi connectivity index (χ1) is 14.3. The zero-order valence-corrected chi connectivity index (χ0v) is 19.0. The summed E-state index contributed by atoms with van der Waals surface area (Å²) in [4.78, 5) is 13.2. The van der Waals surface area contributed by atoms with Crippen LogP contribution in [0.2, 0.25) is 0 Å². The number of fused-ring (bicyclic) bond motifs is 5. The van der Waals surface area contributed by atoms with Crippen LogP contribution in [0.4, 0.5) is 0 Å². The van der Waals surface area contributed by atoms with Gasteiger partial charge >= 0.3 is 0 Å². The van der Waals surface area contributed by atoms with Gasteiger partial charge in [-0.05, 0) is 106 Å². The van der Waals surface area contributed by atoms with Gasteiger partial charge < -0.3 is 5.11 Å². The monoisotopic (exact) mass is 413 g/mol. The minimum absolute atomic E-state index is 0.154. The highest BCUT2D eigenvalue weighted by Crippen LogP contribution is 2.69. The topological polar surface area (TPSA) is 68.0 Å². The van der Waals surface area contributed by atoms with E-state index >= 15 is 0 Å². The summed E-state index contributed by atoms with van der Waals surface area (Å²) >= 11 is 0. The fourth-order valence-corrected chi connectivity index (χ4v) is 9.06. The van der Waals surface area contributed by atoms with Gasteiger partial charge in [0.25, 0.3) is 0 Å². The number of carbonyl (C=O) groups is 1. The Labute approximate surface area is 181 Å². The van der Waals surface area contributed by atoms with Gasteiger partial charge in [0.1, 0.15) is 6.54 Å². The number of rotatable bonds is 4. The number of ketones is 1. The van der Waals surface area contributed by atoms with E-state index in [2.05, 4.69) is 31.1 Å².